The molecule has 8 aromatic carbocycles. The lowest BCUT2D eigenvalue weighted by molar-refractivity contribution is 0.932. The molecule has 1 heteroatoms. The van der Waals surface area contributed by atoms with Gasteiger partial charge in [-0.15, -0.1) is 0 Å². The first-order valence-electron chi connectivity index (χ1n) is 23.4. The number of aryl methyl sites for hydroxylation is 6. The molecular weight excluding hydrogens is 795 g/mol. The lowest BCUT2D eigenvalue weighted by atomic mass is 9.82. The summed E-state index contributed by atoms with van der Waals surface area (Å²) >= 11 is 0. The molecule has 0 radical (unpaired) electrons. The molecule has 0 bridgehead atoms. The summed E-state index contributed by atoms with van der Waals surface area (Å²) < 4.78 is 0. The second kappa shape index (κ2) is 19.3. The van der Waals surface area contributed by atoms with Crippen molar-refractivity contribution in [3.05, 3.63) is 290 Å². The molecule has 324 valence electrons. The minimum absolute atomic E-state index is 1.01. The highest BCUT2D eigenvalue weighted by molar-refractivity contribution is 6.06. The second-order valence-electron chi connectivity index (χ2n) is 18.3. The third kappa shape index (κ3) is 9.63. The van der Waals surface area contributed by atoms with Crippen molar-refractivity contribution in [1.29, 1.82) is 0 Å². The van der Waals surface area contributed by atoms with E-state index in [4.69, 9.17) is 0 Å². The molecule has 0 amide bonds. The highest BCUT2D eigenvalue weighted by Gasteiger charge is 2.22. The maximum Gasteiger partial charge on any atom is 0.0462 e. The smallest absolute Gasteiger partial charge is 0.0462 e. The largest absolute Gasteiger partial charge is 0.311 e. The van der Waals surface area contributed by atoms with E-state index in [1.165, 1.54) is 100 Å². The van der Waals surface area contributed by atoms with Gasteiger partial charge in [-0.3, -0.25) is 0 Å². The van der Waals surface area contributed by atoms with Crippen LogP contribution in [0.2, 0.25) is 0 Å². The van der Waals surface area contributed by atoms with Gasteiger partial charge in [0.05, 0.1) is 0 Å². The zero-order valence-electron chi connectivity index (χ0n) is 39.5. The van der Waals surface area contributed by atoms with Gasteiger partial charge in [0.25, 0.3) is 0 Å². The van der Waals surface area contributed by atoms with Crippen LogP contribution in [0.1, 0.15) is 92.1 Å². The summed E-state index contributed by atoms with van der Waals surface area (Å²) in [7, 11) is 0. The Labute approximate surface area is 393 Å². The Balaban J connectivity index is 1.20. The molecule has 0 spiro atoms. The van der Waals surface area contributed by atoms with Crippen molar-refractivity contribution in [3.8, 4) is 0 Å². The fraction of sp³-hybridized carbons (Fsp3) is 0.138. The lowest BCUT2D eigenvalue weighted by Gasteiger charge is -2.27. The maximum absolute atomic E-state index is 2.39. The van der Waals surface area contributed by atoms with Crippen molar-refractivity contribution in [2.45, 2.75) is 61.3 Å². The number of anilines is 3. The van der Waals surface area contributed by atoms with Crippen molar-refractivity contribution in [1.82, 2.24) is 0 Å². The Hall–Kier alpha value is -7.48. The summed E-state index contributed by atoms with van der Waals surface area (Å²) in [5, 5.41) is 0. The van der Waals surface area contributed by atoms with Crippen molar-refractivity contribution in [3.63, 3.8) is 0 Å². The Bertz CT molecular complexity index is 3030. The van der Waals surface area contributed by atoms with Crippen molar-refractivity contribution >= 4 is 39.4 Å². The minimum Gasteiger partial charge on any atom is -0.311 e. The molecule has 1 aliphatic carbocycles. The summed E-state index contributed by atoms with van der Waals surface area (Å²) in [5.41, 5.74) is 27.0. The van der Waals surface area contributed by atoms with E-state index in [0.717, 1.165) is 35.5 Å². The zero-order chi connectivity index (χ0) is 45.7. The summed E-state index contributed by atoms with van der Waals surface area (Å²) in [6, 6.07) is 72.4. The summed E-state index contributed by atoms with van der Waals surface area (Å²) in [4.78, 5) is 2.39. The number of allylic oxidation sites excluding steroid dienone is 5. The van der Waals surface area contributed by atoms with Crippen molar-refractivity contribution < 1.29 is 0 Å². The van der Waals surface area contributed by atoms with Crippen LogP contribution in [0.3, 0.4) is 0 Å². The average molecular weight is 854 g/mol. The molecule has 8 aromatic rings. The zero-order valence-corrected chi connectivity index (χ0v) is 39.5. The topological polar surface area (TPSA) is 3.24 Å². The van der Waals surface area contributed by atoms with E-state index in [9.17, 15) is 0 Å². The summed E-state index contributed by atoms with van der Waals surface area (Å²) in [5.74, 6) is 0. The first-order valence-corrected chi connectivity index (χ1v) is 23.4. The van der Waals surface area contributed by atoms with E-state index in [-0.39, 0.29) is 0 Å². The first-order chi connectivity index (χ1) is 32.1. The first kappa shape index (κ1) is 43.8. The third-order valence-corrected chi connectivity index (χ3v) is 13.0. The van der Waals surface area contributed by atoms with Crippen LogP contribution in [0.25, 0.3) is 22.3 Å². The molecular formula is C65H59N. The monoisotopic (exact) mass is 853 g/mol. The molecule has 0 aromatic heterocycles. The van der Waals surface area contributed by atoms with Gasteiger partial charge in [-0.05, 0) is 165 Å². The Kier molecular flexibility index (Phi) is 12.8. The van der Waals surface area contributed by atoms with Gasteiger partial charge in [-0.1, -0.05) is 209 Å². The van der Waals surface area contributed by atoms with Gasteiger partial charge in [0.15, 0.2) is 0 Å². The molecule has 66 heavy (non-hydrogen) atoms. The van der Waals surface area contributed by atoms with Crippen LogP contribution in [0.15, 0.2) is 217 Å². The molecule has 0 unspecified atom stereocenters. The van der Waals surface area contributed by atoms with Crippen LogP contribution in [0.4, 0.5) is 17.1 Å². The van der Waals surface area contributed by atoms with E-state index in [2.05, 4.69) is 260 Å². The quantitative estimate of drug-likeness (QED) is 0.117. The highest BCUT2D eigenvalue weighted by atomic mass is 15.1. The van der Waals surface area contributed by atoms with E-state index in [1.54, 1.807) is 0 Å². The lowest BCUT2D eigenvalue weighted by Crippen LogP contribution is -2.10. The molecule has 0 fully saturated rings. The van der Waals surface area contributed by atoms with Crippen LogP contribution in [0.5, 0.6) is 0 Å². The predicted octanol–water partition coefficient (Wildman–Crippen LogP) is 17.6. The molecule has 9 rings (SSSR count). The number of benzene rings is 8. The number of rotatable bonds is 11. The predicted molar refractivity (Wildman–Crippen MR) is 284 cm³/mol. The fourth-order valence-corrected chi connectivity index (χ4v) is 9.10. The van der Waals surface area contributed by atoms with Crippen molar-refractivity contribution in [2.24, 2.45) is 0 Å². The van der Waals surface area contributed by atoms with Crippen LogP contribution in [-0.2, 0) is 0 Å². The van der Waals surface area contributed by atoms with E-state index in [1.807, 2.05) is 0 Å². The Morgan fingerprint density at radius 1 is 0.258 bits per heavy atom. The fourth-order valence-electron chi connectivity index (χ4n) is 9.10. The summed E-state index contributed by atoms with van der Waals surface area (Å²) in [6.45, 7) is 15.2. The molecule has 0 N–H and O–H groups in total. The normalized spacial score (nSPS) is 12.8. The van der Waals surface area contributed by atoms with Gasteiger partial charge in [0, 0.05) is 17.1 Å². The molecule has 0 saturated heterocycles. The highest BCUT2D eigenvalue weighted by Crippen LogP contribution is 2.43. The number of hydrogen-bond acceptors (Lipinski definition) is 1. The molecule has 0 saturated carbocycles. The van der Waals surface area contributed by atoms with E-state index in [0.29, 0.717) is 0 Å². The SMILES string of the molecule is CC1=CC=C(/C(=C(\c2ccc(C)cc2)c2ccc(N(c3ccc(C)cc3)c3ccc(C(=C(c4ccc(C)cc4)c4ccc(C)cc4)c4ccc(C)cc4)cc3)cc2)c2ccc(C)cc2)CC1. The standard InChI is InChI=1S/C65H59N/c1-44-8-22-51(23-9-44)62(52-24-10-45(2)11-25-52)64(55-30-16-48(5)17-31-55)57-34-40-60(41-35-57)66(59-38-20-50(7)21-39-59)61-42-36-58(37-43-61)65(56-32-18-49(6)19-33-56)63(53-26-12-46(3)13-27-53)54-28-14-47(4)15-29-54/h8-14,16-28,30-43H,15,29H2,1-7H3/b65-63+. The molecule has 0 heterocycles. The van der Waals surface area contributed by atoms with E-state index >= 15 is 0 Å². The second-order valence-corrected chi connectivity index (χ2v) is 18.3. The van der Waals surface area contributed by atoms with Crippen LogP contribution < -0.4 is 4.90 Å². The Morgan fingerprint density at radius 2 is 0.485 bits per heavy atom. The molecule has 0 atom stereocenters. The third-order valence-electron chi connectivity index (χ3n) is 13.0. The molecule has 0 aliphatic heterocycles. The van der Waals surface area contributed by atoms with Gasteiger partial charge in [0.2, 0.25) is 0 Å². The maximum atomic E-state index is 2.39. The molecule has 1 nitrogen and oxygen atoms in total. The van der Waals surface area contributed by atoms with Crippen LogP contribution >= 0.6 is 0 Å². The van der Waals surface area contributed by atoms with Gasteiger partial charge in [-0.25, -0.2) is 0 Å². The minimum atomic E-state index is 1.01. The van der Waals surface area contributed by atoms with Crippen LogP contribution in [0, 0.1) is 41.5 Å². The molecule has 1 aliphatic rings. The average Bonchev–Trinajstić information content (AvgIpc) is 3.34. The Morgan fingerprint density at radius 3 is 0.758 bits per heavy atom. The van der Waals surface area contributed by atoms with Crippen LogP contribution in [-0.4, -0.2) is 0 Å². The van der Waals surface area contributed by atoms with Gasteiger partial charge in [0.1, 0.15) is 0 Å². The van der Waals surface area contributed by atoms with Gasteiger partial charge >= 0.3 is 0 Å². The van der Waals surface area contributed by atoms with Gasteiger partial charge in [-0.2, -0.15) is 0 Å². The van der Waals surface area contributed by atoms with E-state index < -0.39 is 0 Å². The van der Waals surface area contributed by atoms with Crippen molar-refractivity contribution in [2.75, 3.05) is 4.90 Å². The van der Waals surface area contributed by atoms with Gasteiger partial charge < -0.3 is 4.90 Å². The number of nitrogens with zero attached hydrogens (tertiary/aromatic N) is 1. The summed E-state index contributed by atoms with van der Waals surface area (Å²) in [6.07, 6.45) is 6.73. The number of hydrogen-bond donors (Lipinski definition) is 0.